The molecule has 5 nitrogen and oxygen atoms in total. The van der Waals surface area contributed by atoms with Gasteiger partial charge in [0.05, 0.1) is 25.4 Å². The number of carbonyl (C=O) groups is 1. The predicted molar refractivity (Wildman–Crippen MR) is 56.2 cm³/mol. The van der Waals surface area contributed by atoms with E-state index in [1.165, 1.54) is 25.3 Å². The molecule has 0 saturated heterocycles. The molecule has 5 heteroatoms. The first-order valence-corrected chi connectivity index (χ1v) is 4.77. The van der Waals surface area contributed by atoms with Gasteiger partial charge in [-0.3, -0.25) is 0 Å². The molecule has 1 rings (SSSR count). The quantitative estimate of drug-likeness (QED) is 0.633. The summed E-state index contributed by atoms with van der Waals surface area (Å²) in [7, 11) is 1.25. The van der Waals surface area contributed by atoms with E-state index >= 15 is 0 Å². The van der Waals surface area contributed by atoms with Gasteiger partial charge in [0.15, 0.2) is 0 Å². The molecule has 88 valence electrons. The van der Waals surface area contributed by atoms with Crippen molar-refractivity contribution in [1.82, 2.24) is 0 Å². The highest BCUT2D eigenvalue weighted by atomic mass is 16.5. The fourth-order valence-corrected chi connectivity index (χ4v) is 1.38. The zero-order chi connectivity index (χ0) is 12.1. The van der Waals surface area contributed by atoms with E-state index in [2.05, 4.69) is 4.74 Å². The van der Waals surface area contributed by atoms with Crippen LogP contribution in [-0.2, 0) is 11.2 Å². The number of methoxy groups -OCH3 is 1. The maximum absolute atomic E-state index is 11.4. The van der Waals surface area contributed by atoms with Gasteiger partial charge >= 0.3 is 5.97 Å². The van der Waals surface area contributed by atoms with Crippen LogP contribution in [0.25, 0.3) is 0 Å². The number of carbonyl (C=O) groups excluding carboxylic acids is 1. The lowest BCUT2D eigenvalue weighted by Gasteiger charge is -2.11. The summed E-state index contributed by atoms with van der Waals surface area (Å²) >= 11 is 0. The first-order valence-electron chi connectivity index (χ1n) is 4.77. The lowest BCUT2D eigenvalue weighted by molar-refractivity contribution is 0.0596. The number of aromatic hydroxyl groups is 1. The van der Waals surface area contributed by atoms with Crippen LogP contribution in [0.4, 0.5) is 0 Å². The standard InChI is InChI=1S/C11H14O5/c1-16-11(15)10-3-2-8(13)4-7(10)5-9(14)6-12/h2-4,9,12-14H,5-6H2,1H3. The van der Waals surface area contributed by atoms with Crippen molar-refractivity contribution in [2.75, 3.05) is 13.7 Å². The largest absolute Gasteiger partial charge is 0.508 e. The lowest BCUT2D eigenvalue weighted by atomic mass is 10.0. The molecule has 0 aromatic heterocycles. The number of phenols is 1. The Labute approximate surface area is 92.9 Å². The fourth-order valence-electron chi connectivity index (χ4n) is 1.38. The summed E-state index contributed by atoms with van der Waals surface area (Å²) in [6.07, 6.45) is -0.889. The third-order valence-electron chi connectivity index (χ3n) is 2.16. The minimum Gasteiger partial charge on any atom is -0.508 e. The zero-order valence-corrected chi connectivity index (χ0v) is 8.88. The second kappa shape index (κ2) is 5.48. The van der Waals surface area contributed by atoms with Gasteiger partial charge in [0.1, 0.15) is 5.75 Å². The number of hydrogen-bond donors (Lipinski definition) is 3. The number of phenolic OH excluding ortho intramolecular Hbond substituents is 1. The van der Waals surface area contributed by atoms with Gasteiger partial charge in [0.2, 0.25) is 0 Å². The molecule has 1 atom stereocenters. The number of hydrogen-bond acceptors (Lipinski definition) is 5. The summed E-state index contributed by atoms with van der Waals surface area (Å²) in [6.45, 7) is -0.406. The van der Waals surface area contributed by atoms with Crippen LogP contribution in [0.2, 0.25) is 0 Å². The van der Waals surface area contributed by atoms with Crippen LogP contribution < -0.4 is 0 Å². The summed E-state index contributed by atoms with van der Waals surface area (Å²) < 4.78 is 4.57. The maximum atomic E-state index is 11.4. The van der Waals surface area contributed by atoms with Gasteiger partial charge in [0.25, 0.3) is 0 Å². The number of esters is 1. The first-order chi connectivity index (χ1) is 7.58. The second-order valence-corrected chi connectivity index (χ2v) is 3.37. The Bertz CT molecular complexity index is 375. The van der Waals surface area contributed by atoms with Crippen molar-refractivity contribution in [3.8, 4) is 5.75 Å². The van der Waals surface area contributed by atoms with Crippen molar-refractivity contribution in [2.24, 2.45) is 0 Å². The molecule has 0 bridgehead atoms. The normalized spacial score (nSPS) is 12.2. The van der Waals surface area contributed by atoms with E-state index in [0.29, 0.717) is 5.56 Å². The third-order valence-corrected chi connectivity index (χ3v) is 2.16. The SMILES string of the molecule is COC(=O)c1ccc(O)cc1CC(O)CO. The van der Waals surface area contributed by atoms with Crippen LogP contribution in [0.5, 0.6) is 5.75 Å². The number of ether oxygens (including phenoxy) is 1. The minimum atomic E-state index is -0.967. The highest BCUT2D eigenvalue weighted by Gasteiger charge is 2.15. The van der Waals surface area contributed by atoms with E-state index < -0.39 is 18.7 Å². The molecular formula is C11H14O5. The van der Waals surface area contributed by atoms with E-state index in [9.17, 15) is 15.0 Å². The average molecular weight is 226 g/mol. The smallest absolute Gasteiger partial charge is 0.338 e. The molecule has 0 aliphatic heterocycles. The van der Waals surface area contributed by atoms with Gasteiger partial charge in [0, 0.05) is 6.42 Å². The first kappa shape index (κ1) is 12.5. The topological polar surface area (TPSA) is 87.0 Å². The van der Waals surface area contributed by atoms with Crippen LogP contribution in [0.3, 0.4) is 0 Å². The highest BCUT2D eigenvalue weighted by molar-refractivity contribution is 5.91. The van der Waals surface area contributed by atoms with Gasteiger partial charge in [-0.15, -0.1) is 0 Å². The number of benzene rings is 1. The Kier molecular flexibility index (Phi) is 4.28. The highest BCUT2D eigenvalue weighted by Crippen LogP contribution is 2.19. The summed E-state index contributed by atoms with van der Waals surface area (Å²) in [5, 5.41) is 27.3. The zero-order valence-electron chi connectivity index (χ0n) is 8.88. The summed E-state index contributed by atoms with van der Waals surface area (Å²) in [5.74, 6) is -0.548. The molecule has 0 amide bonds. The number of aliphatic hydroxyl groups excluding tert-OH is 2. The second-order valence-electron chi connectivity index (χ2n) is 3.37. The molecule has 1 aromatic rings. The van der Waals surface area contributed by atoms with Gasteiger partial charge in [-0.1, -0.05) is 0 Å². The lowest BCUT2D eigenvalue weighted by Crippen LogP contribution is -2.17. The van der Waals surface area contributed by atoms with Gasteiger partial charge < -0.3 is 20.1 Å². The van der Waals surface area contributed by atoms with Gasteiger partial charge in [-0.2, -0.15) is 0 Å². The van der Waals surface area contributed by atoms with E-state index in [-0.39, 0.29) is 17.7 Å². The number of aliphatic hydroxyl groups is 2. The van der Waals surface area contributed by atoms with Crippen molar-refractivity contribution >= 4 is 5.97 Å². The average Bonchev–Trinajstić information content (AvgIpc) is 2.28. The van der Waals surface area contributed by atoms with Crippen molar-refractivity contribution in [3.05, 3.63) is 29.3 Å². The summed E-state index contributed by atoms with van der Waals surface area (Å²) in [6, 6.07) is 4.15. The predicted octanol–water partition coefficient (Wildman–Crippen LogP) is 0.0745. The Balaban J connectivity index is 3.03. The molecule has 0 spiro atoms. The van der Waals surface area contributed by atoms with Crippen molar-refractivity contribution < 1.29 is 24.9 Å². The molecule has 0 radical (unpaired) electrons. The van der Waals surface area contributed by atoms with Crippen molar-refractivity contribution in [3.63, 3.8) is 0 Å². The molecule has 0 aliphatic carbocycles. The monoisotopic (exact) mass is 226 g/mol. The van der Waals surface area contributed by atoms with Crippen LogP contribution in [-0.4, -0.2) is 41.1 Å². The van der Waals surface area contributed by atoms with Crippen LogP contribution >= 0.6 is 0 Å². The maximum Gasteiger partial charge on any atom is 0.338 e. The Morgan fingerprint density at radius 2 is 2.19 bits per heavy atom. The van der Waals surface area contributed by atoms with Crippen LogP contribution in [0.15, 0.2) is 18.2 Å². The van der Waals surface area contributed by atoms with Gasteiger partial charge in [-0.05, 0) is 23.8 Å². The van der Waals surface area contributed by atoms with Crippen molar-refractivity contribution in [2.45, 2.75) is 12.5 Å². The molecule has 1 unspecified atom stereocenters. The summed E-state index contributed by atoms with van der Waals surface area (Å²) in [5.41, 5.74) is 0.709. The van der Waals surface area contributed by atoms with Crippen molar-refractivity contribution in [1.29, 1.82) is 0 Å². The number of rotatable bonds is 4. The van der Waals surface area contributed by atoms with E-state index in [0.717, 1.165) is 0 Å². The molecule has 0 heterocycles. The Morgan fingerprint density at radius 3 is 2.75 bits per heavy atom. The molecular weight excluding hydrogens is 212 g/mol. The van der Waals surface area contributed by atoms with E-state index in [1.54, 1.807) is 0 Å². The van der Waals surface area contributed by atoms with Crippen LogP contribution in [0, 0.1) is 0 Å². The molecule has 1 aromatic carbocycles. The Morgan fingerprint density at radius 1 is 1.50 bits per heavy atom. The minimum absolute atomic E-state index is 0.00667. The van der Waals surface area contributed by atoms with Crippen LogP contribution in [0.1, 0.15) is 15.9 Å². The molecule has 0 aliphatic rings. The molecule has 0 saturated carbocycles. The molecule has 16 heavy (non-hydrogen) atoms. The fraction of sp³-hybridized carbons (Fsp3) is 0.364. The molecule has 3 N–H and O–H groups in total. The van der Waals surface area contributed by atoms with E-state index in [4.69, 9.17) is 5.11 Å². The Hall–Kier alpha value is -1.59. The summed E-state index contributed by atoms with van der Waals surface area (Å²) in [4.78, 5) is 11.4. The van der Waals surface area contributed by atoms with E-state index in [1.807, 2.05) is 0 Å². The molecule has 0 fully saturated rings. The third kappa shape index (κ3) is 2.95. The van der Waals surface area contributed by atoms with Gasteiger partial charge in [-0.25, -0.2) is 4.79 Å².